The van der Waals surface area contributed by atoms with E-state index in [0.29, 0.717) is 4.90 Å². The predicted molar refractivity (Wildman–Crippen MR) is 104 cm³/mol. The maximum absolute atomic E-state index is 11.5. The van der Waals surface area contributed by atoms with Gasteiger partial charge in [0.05, 0.1) is 13.2 Å². The van der Waals surface area contributed by atoms with Crippen LogP contribution in [0.15, 0.2) is 17.1 Å². The van der Waals surface area contributed by atoms with E-state index in [4.69, 9.17) is 40.3 Å². The first-order valence-corrected chi connectivity index (χ1v) is 11.6. The van der Waals surface area contributed by atoms with E-state index in [1.165, 1.54) is 12.3 Å². The van der Waals surface area contributed by atoms with Gasteiger partial charge >= 0.3 is 20.9 Å². The van der Waals surface area contributed by atoms with E-state index in [0.717, 1.165) is 18.7 Å². The number of nitrogen functional groups attached to an aromatic ring is 1. The Balaban J connectivity index is 0.000000318. The summed E-state index contributed by atoms with van der Waals surface area (Å²) in [5.74, 6) is 0.0537. The molecule has 2 rings (SSSR count). The minimum atomic E-state index is -5.17. The maximum atomic E-state index is 11.5. The largest absolute Gasteiger partial charge is 0.394 e. The van der Waals surface area contributed by atoms with Crippen molar-refractivity contribution in [2.75, 3.05) is 33.0 Å². The van der Waals surface area contributed by atoms with Crippen LogP contribution in [0.1, 0.15) is 6.23 Å². The second kappa shape index (κ2) is 10.1. The van der Waals surface area contributed by atoms with Crippen LogP contribution in [0.2, 0.25) is 0 Å². The quantitative estimate of drug-likeness (QED) is 0.171. The summed E-state index contributed by atoms with van der Waals surface area (Å²) in [5.41, 5.74) is 4.63. The number of aromatic nitrogens is 2. The number of rotatable bonds is 6. The number of aliphatic hydroxyl groups is 4. The van der Waals surface area contributed by atoms with E-state index < -0.39 is 63.7 Å². The van der Waals surface area contributed by atoms with Crippen molar-refractivity contribution in [1.29, 1.82) is 0 Å². The van der Waals surface area contributed by atoms with E-state index in [1.54, 1.807) is 0 Å². The predicted octanol–water partition coefficient (Wildman–Crippen LogP) is -4.01. The molecule has 1 aliphatic rings. The lowest BCUT2D eigenvalue weighted by atomic mass is 10.1. The number of hydrogen-bond donors (Lipinski definition) is 9. The van der Waals surface area contributed by atoms with Gasteiger partial charge in [0.15, 0.2) is 6.23 Å². The molecule has 0 aliphatic carbocycles. The SMILES string of the molecule is CN(C)C(CO)(P(=O)(O)O)P(=O)(O)O.Nc1ccn([C@@H]2O[C@H](CO)[C@@H](O)[C@H]2O)c(=O)n1. The lowest BCUT2D eigenvalue weighted by Gasteiger charge is -2.37. The van der Waals surface area contributed by atoms with Crippen LogP contribution >= 0.6 is 15.2 Å². The summed E-state index contributed by atoms with van der Waals surface area (Å²) in [6.07, 6.45) is -3.27. The van der Waals surface area contributed by atoms with Gasteiger partial charge in [0, 0.05) is 6.20 Å². The Hall–Kier alpha value is -1.26. The molecule has 10 N–H and O–H groups in total. The van der Waals surface area contributed by atoms with Gasteiger partial charge in [-0.25, -0.2) is 4.79 Å². The average Bonchev–Trinajstić information content (AvgIpc) is 2.88. The Kier molecular flexibility index (Phi) is 9.07. The first-order chi connectivity index (χ1) is 14.0. The molecular formula is C13H26N4O12P2. The lowest BCUT2D eigenvalue weighted by Crippen LogP contribution is -2.46. The summed E-state index contributed by atoms with van der Waals surface area (Å²) >= 11 is 0. The first-order valence-electron chi connectivity index (χ1n) is 8.41. The second-order valence-electron chi connectivity index (χ2n) is 6.69. The molecule has 4 atom stereocenters. The molecule has 31 heavy (non-hydrogen) atoms. The molecule has 2 heterocycles. The van der Waals surface area contributed by atoms with E-state index in [-0.39, 0.29) is 5.82 Å². The fraction of sp³-hybridized carbons (Fsp3) is 0.692. The fourth-order valence-corrected chi connectivity index (χ4v) is 5.51. The summed E-state index contributed by atoms with van der Waals surface area (Å²) in [4.78, 5) is 51.0. The summed E-state index contributed by atoms with van der Waals surface area (Å²) in [7, 11) is -8.22. The van der Waals surface area contributed by atoms with E-state index in [1.807, 2.05) is 0 Å². The molecule has 18 heteroatoms. The fourth-order valence-electron chi connectivity index (χ4n) is 2.75. The molecule has 0 amide bonds. The summed E-state index contributed by atoms with van der Waals surface area (Å²) in [5, 5.41) is 34.1. The Morgan fingerprint density at radius 1 is 1.16 bits per heavy atom. The molecule has 1 aromatic heterocycles. The van der Waals surface area contributed by atoms with Gasteiger partial charge < -0.3 is 50.5 Å². The Labute approximate surface area is 175 Å². The van der Waals surface area contributed by atoms with Crippen molar-refractivity contribution >= 4 is 21.0 Å². The number of likely N-dealkylation sites (N-methyl/N-ethyl adjacent to an activating group) is 1. The van der Waals surface area contributed by atoms with Gasteiger partial charge in [-0.2, -0.15) is 4.98 Å². The molecule has 180 valence electrons. The zero-order valence-electron chi connectivity index (χ0n) is 16.4. The third kappa shape index (κ3) is 5.57. The van der Waals surface area contributed by atoms with Crippen molar-refractivity contribution in [3.8, 4) is 0 Å². The molecule has 0 radical (unpaired) electrons. The van der Waals surface area contributed by atoms with Gasteiger partial charge in [0.1, 0.15) is 24.1 Å². The van der Waals surface area contributed by atoms with Crippen molar-refractivity contribution in [2.45, 2.75) is 29.6 Å². The van der Waals surface area contributed by atoms with Gasteiger partial charge in [-0.15, -0.1) is 0 Å². The highest BCUT2D eigenvalue weighted by atomic mass is 31.2. The van der Waals surface area contributed by atoms with Crippen LogP contribution < -0.4 is 11.4 Å². The lowest BCUT2D eigenvalue weighted by molar-refractivity contribution is -0.0549. The van der Waals surface area contributed by atoms with Gasteiger partial charge in [0.2, 0.25) is 5.02 Å². The third-order valence-corrected chi connectivity index (χ3v) is 9.02. The number of nitrogens with two attached hydrogens (primary N) is 1. The molecule has 0 saturated carbocycles. The molecule has 1 aliphatic heterocycles. The Morgan fingerprint density at radius 2 is 1.68 bits per heavy atom. The van der Waals surface area contributed by atoms with Gasteiger partial charge in [0.25, 0.3) is 0 Å². The molecule has 0 spiro atoms. The van der Waals surface area contributed by atoms with Gasteiger partial charge in [-0.05, 0) is 20.2 Å². The number of aliphatic hydroxyl groups excluding tert-OH is 4. The first kappa shape index (κ1) is 27.8. The number of anilines is 1. The highest BCUT2D eigenvalue weighted by Gasteiger charge is 2.62. The van der Waals surface area contributed by atoms with Crippen molar-refractivity contribution in [2.24, 2.45) is 0 Å². The van der Waals surface area contributed by atoms with Crippen LogP contribution in [0, 0.1) is 0 Å². The third-order valence-electron chi connectivity index (χ3n) is 4.50. The van der Waals surface area contributed by atoms with E-state index in [9.17, 15) is 24.1 Å². The van der Waals surface area contributed by atoms with Crippen LogP contribution in [-0.4, -0.2) is 105 Å². The normalized spacial score (nSPS) is 24.7. The molecule has 0 bridgehead atoms. The maximum Gasteiger partial charge on any atom is 0.360 e. The van der Waals surface area contributed by atoms with Crippen LogP contribution in [0.3, 0.4) is 0 Å². The van der Waals surface area contributed by atoms with Crippen molar-refractivity contribution in [3.05, 3.63) is 22.7 Å². The Bertz CT molecular complexity index is 877. The standard InChI is InChI=1S/C9H13N3O5.C4H13NO7P2/c10-5-1-2-12(9(16)11-5)8-7(15)6(14)4(3-13)17-8;1-5(2)4(3-6,13(7,8)9)14(10,11)12/h1-2,4,6-8,13-15H,3H2,(H2,10,11,16);6H,3H2,1-2H3,(H2,7,8,9)(H2,10,11,12)/t4-,6-,7-,8-;/m1./s1. The van der Waals surface area contributed by atoms with Gasteiger partial charge in [-0.3, -0.25) is 18.6 Å². The second-order valence-corrected chi connectivity index (χ2v) is 10.7. The molecule has 1 aromatic rings. The van der Waals surface area contributed by atoms with Crippen LogP contribution in [0.5, 0.6) is 0 Å². The highest BCUT2D eigenvalue weighted by molar-refractivity contribution is 7.72. The van der Waals surface area contributed by atoms with Crippen molar-refractivity contribution in [1.82, 2.24) is 14.5 Å². The van der Waals surface area contributed by atoms with Crippen LogP contribution in [-0.2, 0) is 13.9 Å². The average molecular weight is 492 g/mol. The Morgan fingerprint density at radius 3 is 1.97 bits per heavy atom. The van der Waals surface area contributed by atoms with E-state index >= 15 is 0 Å². The molecule has 16 nitrogen and oxygen atoms in total. The van der Waals surface area contributed by atoms with E-state index in [2.05, 4.69) is 4.98 Å². The summed E-state index contributed by atoms with van der Waals surface area (Å²) in [6.45, 7) is -1.79. The summed E-state index contributed by atoms with van der Waals surface area (Å²) in [6, 6.07) is 1.37. The smallest absolute Gasteiger partial charge is 0.360 e. The van der Waals surface area contributed by atoms with Crippen molar-refractivity contribution in [3.63, 3.8) is 0 Å². The van der Waals surface area contributed by atoms with Crippen LogP contribution in [0.25, 0.3) is 0 Å². The molecule has 1 saturated heterocycles. The molecule has 0 unspecified atom stereocenters. The molecular weight excluding hydrogens is 466 g/mol. The van der Waals surface area contributed by atoms with Crippen LogP contribution in [0.4, 0.5) is 5.82 Å². The monoisotopic (exact) mass is 492 g/mol. The number of nitrogens with zero attached hydrogens (tertiary/aromatic N) is 3. The zero-order chi connectivity index (χ0) is 24.4. The highest BCUT2D eigenvalue weighted by Crippen LogP contribution is 2.69. The van der Waals surface area contributed by atoms with Crippen molar-refractivity contribution < 1.29 is 53.9 Å². The zero-order valence-corrected chi connectivity index (χ0v) is 18.2. The molecule has 0 aromatic carbocycles. The minimum Gasteiger partial charge on any atom is -0.394 e. The number of hydrogen-bond acceptors (Lipinski definition) is 11. The minimum absolute atomic E-state index is 0.0537. The summed E-state index contributed by atoms with van der Waals surface area (Å²) < 4.78 is 28.1. The topological polar surface area (TPSA) is 269 Å². The van der Waals surface area contributed by atoms with Gasteiger partial charge in [-0.1, -0.05) is 0 Å². The number of ether oxygens (including phenoxy) is 1. The molecule has 1 fully saturated rings.